The highest BCUT2D eigenvalue weighted by atomic mass is 35.5. The Morgan fingerprint density at radius 1 is 1.30 bits per heavy atom. The number of hydrogen-bond acceptors (Lipinski definition) is 5. The van der Waals surface area contributed by atoms with Crippen molar-refractivity contribution in [3.05, 3.63) is 68.4 Å². The predicted molar refractivity (Wildman–Crippen MR) is 112 cm³/mol. The lowest BCUT2D eigenvalue weighted by Gasteiger charge is -2.10. The van der Waals surface area contributed by atoms with Crippen LogP contribution in [0.25, 0.3) is 20.7 Å². The number of carbonyl (C=O) groups excluding carboxylic acids is 1. The SMILES string of the molecule is Cc1ccc(Cl)cc1NC(=O)Cn1cnc2scc(-c3cccs3)c2c1=O. The molecule has 3 heterocycles. The van der Waals surface area contributed by atoms with Gasteiger partial charge >= 0.3 is 0 Å². The average Bonchev–Trinajstić information content (AvgIpc) is 3.30. The fraction of sp³-hybridized carbons (Fsp3) is 0.105. The van der Waals surface area contributed by atoms with Crippen molar-refractivity contribution in [2.45, 2.75) is 13.5 Å². The van der Waals surface area contributed by atoms with Gasteiger partial charge in [-0.2, -0.15) is 0 Å². The van der Waals surface area contributed by atoms with Crippen LogP contribution in [0.5, 0.6) is 0 Å². The lowest BCUT2D eigenvalue weighted by Crippen LogP contribution is -2.28. The highest BCUT2D eigenvalue weighted by Crippen LogP contribution is 2.33. The van der Waals surface area contributed by atoms with Crippen LogP contribution in [0.1, 0.15) is 5.56 Å². The summed E-state index contributed by atoms with van der Waals surface area (Å²) in [5.41, 5.74) is 2.17. The number of hydrogen-bond donors (Lipinski definition) is 1. The Morgan fingerprint density at radius 3 is 2.93 bits per heavy atom. The van der Waals surface area contributed by atoms with Gasteiger partial charge in [-0.3, -0.25) is 14.2 Å². The maximum atomic E-state index is 12.9. The number of nitrogens with zero attached hydrogens (tertiary/aromatic N) is 2. The van der Waals surface area contributed by atoms with Crippen LogP contribution >= 0.6 is 34.3 Å². The van der Waals surface area contributed by atoms with E-state index in [9.17, 15) is 9.59 Å². The molecule has 0 fully saturated rings. The van der Waals surface area contributed by atoms with Crippen LogP contribution in [-0.4, -0.2) is 15.5 Å². The summed E-state index contributed by atoms with van der Waals surface area (Å²) in [7, 11) is 0. The summed E-state index contributed by atoms with van der Waals surface area (Å²) in [4.78, 5) is 31.4. The van der Waals surface area contributed by atoms with Crippen LogP contribution < -0.4 is 10.9 Å². The van der Waals surface area contributed by atoms with E-state index in [1.165, 1.54) is 22.2 Å². The van der Waals surface area contributed by atoms with E-state index >= 15 is 0 Å². The number of amides is 1. The van der Waals surface area contributed by atoms with E-state index in [0.29, 0.717) is 20.9 Å². The minimum atomic E-state index is -0.309. The number of aryl methyl sites for hydroxylation is 1. The molecule has 4 aromatic rings. The van der Waals surface area contributed by atoms with Crippen LogP contribution in [0, 0.1) is 6.92 Å². The average molecular weight is 416 g/mol. The molecule has 1 N–H and O–H groups in total. The molecule has 0 radical (unpaired) electrons. The summed E-state index contributed by atoms with van der Waals surface area (Å²) in [6.45, 7) is 1.76. The van der Waals surface area contributed by atoms with Crippen LogP contribution in [0.2, 0.25) is 5.02 Å². The van der Waals surface area contributed by atoms with Crippen molar-refractivity contribution in [1.82, 2.24) is 9.55 Å². The molecule has 0 bridgehead atoms. The molecule has 0 atom stereocenters. The number of anilines is 1. The van der Waals surface area contributed by atoms with E-state index in [4.69, 9.17) is 11.6 Å². The predicted octanol–water partition coefficient (Wildman–Crippen LogP) is 4.79. The van der Waals surface area contributed by atoms with Gasteiger partial charge in [0.1, 0.15) is 11.4 Å². The molecule has 0 saturated heterocycles. The fourth-order valence-electron chi connectivity index (χ4n) is 2.77. The normalized spacial score (nSPS) is 11.0. The topological polar surface area (TPSA) is 64.0 Å². The molecule has 1 aromatic carbocycles. The number of benzene rings is 1. The molecular formula is C19H14ClN3O2S2. The Kier molecular flexibility index (Phi) is 4.82. The highest BCUT2D eigenvalue weighted by Gasteiger charge is 2.15. The first-order chi connectivity index (χ1) is 13.0. The van der Waals surface area contributed by atoms with Gasteiger partial charge in [-0.05, 0) is 36.1 Å². The second kappa shape index (κ2) is 7.26. The van der Waals surface area contributed by atoms with Crippen molar-refractivity contribution < 1.29 is 4.79 Å². The van der Waals surface area contributed by atoms with E-state index in [2.05, 4.69) is 10.3 Å². The van der Waals surface area contributed by atoms with Crippen LogP contribution in [0.3, 0.4) is 0 Å². The van der Waals surface area contributed by atoms with E-state index in [-0.39, 0.29) is 18.0 Å². The second-order valence-corrected chi connectivity index (χ2v) is 8.23. The first kappa shape index (κ1) is 17.9. The quantitative estimate of drug-likeness (QED) is 0.521. The molecular weight excluding hydrogens is 402 g/mol. The van der Waals surface area contributed by atoms with Gasteiger partial charge < -0.3 is 5.32 Å². The third-order valence-electron chi connectivity index (χ3n) is 4.14. The van der Waals surface area contributed by atoms with Crippen molar-refractivity contribution in [1.29, 1.82) is 0 Å². The number of thiophene rings is 2. The van der Waals surface area contributed by atoms with Gasteiger partial charge in [-0.25, -0.2) is 4.98 Å². The maximum absolute atomic E-state index is 12.9. The van der Waals surface area contributed by atoms with Crippen LogP contribution in [0.15, 0.2) is 52.2 Å². The molecule has 0 unspecified atom stereocenters. The Labute approximate surface area is 167 Å². The summed E-state index contributed by atoms with van der Waals surface area (Å²) in [5, 5.41) is 7.80. The zero-order valence-corrected chi connectivity index (χ0v) is 16.6. The van der Waals surface area contributed by atoms with Gasteiger partial charge in [0.05, 0.1) is 11.7 Å². The van der Waals surface area contributed by atoms with Gasteiger partial charge in [-0.1, -0.05) is 23.7 Å². The zero-order chi connectivity index (χ0) is 19.0. The molecule has 0 saturated carbocycles. The molecule has 4 rings (SSSR count). The Hall–Kier alpha value is -2.48. The van der Waals surface area contributed by atoms with Crippen LogP contribution in [-0.2, 0) is 11.3 Å². The van der Waals surface area contributed by atoms with E-state index in [1.54, 1.807) is 23.5 Å². The number of fused-ring (bicyclic) bond motifs is 1. The minimum absolute atomic E-state index is 0.118. The van der Waals surface area contributed by atoms with Crippen LogP contribution in [0.4, 0.5) is 5.69 Å². The monoisotopic (exact) mass is 415 g/mol. The smallest absolute Gasteiger partial charge is 0.263 e. The van der Waals surface area contributed by atoms with Crippen molar-refractivity contribution >= 4 is 56.1 Å². The fourth-order valence-corrected chi connectivity index (χ4v) is 4.66. The lowest BCUT2D eigenvalue weighted by molar-refractivity contribution is -0.116. The third kappa shape index (κ3) is 3.53. The number of aromatic nitrogens is 2. The first-order valence-electron chi connectivity index (χ1n) is 8.09. The summed E-state index contributed by atoms with van der Waals surface area (Å²) >= 11 is 8.99. The maximum Gasteiger partial charge on any atom is 0.263 e. The molecule has 3 aromatic heterocycles. The number of nitrogens with one attached hydrogen (secondary N) is 1. The van der Waals surface area contributed by atoms with Crippen molar-refractivity contribution in [3.8, 4) is 10.4 Å². The zero-order valence-electron chi connectivity index (χ0n) is 14.2. The largest absolute Gasteiger partial charge is 0.324 e. The number of halogens is 1. The minimum Gasteiger partial charge on any atom is -0.324 e. The lowest BCUT2D eigenvalue weighted by atomic mass is 10.2. The molecule has 0 aliphatic heterocycles. The number of carbonyl (C=O) groups is 1. The summed E-state index contributed by atoms with van der Waals surface area (Å²) < 4.78 is 1.33. The van der Waals surface area contributed by atoms with Gasteiger partial charge in [0.15, 0.2) is 0 Å². The number of rotatable bonds is 4. The molecule has 136 valence electrons. The van der Waals surface area contributed by atoms with Crippen molar-refractivity contribution in [2.75, 3.05) is 5.32 Å². The Balaban J connectivity index is 1.65. The highest BCUT2D eigenvalue weighted by molar-refractivity contribution is 7.18. The van der Waals surface area contributed by atoms with Crippen molar-refractivity contribution in [3.63, 3.8) is 0 Å². The van der Waals surface area contributed by atoms with E-state index < -0.39 is 0 Å². The second-order valence-electron chi connectivity index (χ2n) is 5.99. The third-order valence-corrected chi connectivity index (χ3v) is 6.16. The van der Waals surface area contributed by atoms with Crippen molar-refractivity contribution in [2.24, 2.45) is 0 Å². The standard InChI is InChI=1S/C19H14ClN3O2S2/c1-11-4-5-12(20)7-14(11)22-16(24)8-23-10-21-18-17(19(23)25)13(9-27-18)15-3-2-6-26-15/h2-7,9-10H,8H2,1H3,(H,22,24). The summed E-state index contributed by atoms with van der Waals surface area (Å²) in [5.74, 6) is -0.309. The molecule has 8 heteroatoms. The molecule has 0 aliphatic rings. The Morgan fingerprint density at radius 2 is 2.15 bits per heavy atom. The molecule has 0 spiro atoms. The van der Waals surface area contributed by atoms with Gasteiger partial charge in [0.25, 0.3) is 5.56 Å². The molecule has 5 nitrogen and oxygen atoms in total. The van der Waals surface area contributed by atoms with Gasteiger partial charge in [0, 0.05) is 26.5 Å². The first-order valence-corrected chi connectivity index (χ1v) is 10.2. The van der Waals surface area contributed by atoms with E-state index in [0.717, 1.165) is 16.0 Å². The summed E-state index contributed by atoms with van der Waals surface area (Å²) in [6, 6.07) is 9.19. The molecule has 27 heavy (non-hydrogen) atoms. The molecule has 1 amide bonds. The molecule has 0 aliphatic carbocycles. The summed E-state index contributed by atoms with van der Waals surface area (Å²) in [6.07, 6.45) is 1.42. The van der Waals surface area contributed by atoms with Gasteiger partial charge in [0.2, 0.25) is 5.91 Å². The Bertz CT molecular complexity index is 1200. The van der Waals surface area contributed by atoms with Gasteiger partial charge in [-0.15, -0.1) is 22.7 Å². The van der Waals surface area contributed by atoms with E-state index in [1.807, 2.05) is 35.9 Å².